The molecule has 2 aliphatic heterocycles. The second-order valence-electron chi connectivity index (χ2n) is 18.2. The lowest BCUT2D eigenvalue weighted by atomic mass is 10.1. The van der Waals surface area contributed by atoms with Crippen LogP contribution in [0.5, 0.6) is 23.0 Å². The number of amides is 4. The summed E-state index contributed by atoms with van der Waals surface area (Å²) in [5.41, 5.74) is 5.88. The van der Waals surface area contributed by atoms with E-state index in [2.05, 4.69) is 4.98 Å². The third kappa shape index (κ3) is 10.1. The van der Waals surface area contributed by atoms with Crippen molar-refractivity contribution in [3.8, 4) is 23.0 Å². The predicted octanol–water partition coefficient (Wildman–Crippen LogP) is 8.91. The molecule has 4 heterocycles. The molecule has 0 atom stereocenters. The Morgan fingerprint density at radius 2 is 0.868 bits per heavy atom. The van der Waals surface area contributed by atoms with E-state index in [0.717, 1.165) is 22.3 Å². The van der Waals surface area contributed by atoms with E-state index in [-0.39, 0.29) is 88.2 Å². The normalized spacial score (nSPS) is 12.8. The number of hydrogen-bond donors (Lipinski definition) is 0. The maximum Gasteiger partial charge on any atom is 0.262 e. The monoisotopic (exact) mass is 1060 g/mol. The summed E-state index contributed by atoms with van der Waals surface area (Å²) in [6.07, 6.45) is 1.45. The number of imide groups is 2. The highest BCUT2D eigenvalue weighted by molar-refractivity contribution is 6.39. The van der Waals surface area contributed by atoms with Gasteiger partial charge in [0.05, 0.1) is 82.5 Å². The van der Waals surface area contributed by atoms with Crippen LogP contribution in [0.3, 0.4) is 0 Å². The number of carbonyl (C=O) groups excluding carboxylic acids is 4. The van der Waals surface area contributed by atoms with Gasteiger partial charge in [0.2, 0.25) is 0 Å². The van der Waals surface area contributed by atoms with Crippen molar-refractivity contribution in [2.24, 2.45) is 0 Å². The molecule has 76 heavy (non-hydrogen) atoms. The molecule has 6 aromatic carbocycles. The largest absolute Gasteiger partial charge is 0.493 e. The SMILES string of the molecule is COc1ccc(CCn2c(CCN3C(=O)c4ccccc4C3=O)nc3c(Cl)ccc(Cl)c3c2=O)cc1OC.COc1ccc(CCn2c(CCN3C(=O)c4ccccc4C3=O)nc3cc(C)c(C)cc3c2=O)cc1OC. The summed E-state index contributed by atoms with van der Waals surface area (Å²) < 4.78 is 24.7. The molecular weight excluding hydrogens is 1010 g/mol. The van der Waals surface area contributed by atoms with E-state index in [1.165, 1.54) is 14.4 Å². The number of halogens is 2. The van der Waals surface area contributed by atoms with Gasteiger partial charge in [0.1, 0.15) is 11.6 Å². The fourth-order valence-corrected chi connectivity index (χ4v) is 9.96. The van der Waals surface area contributed by atoms with E-state index in [9.17, 15) is 28.8 Å². The van der Waals surface area contributed by atoms with Crippen LogP contribution in [0.25, 0.3) is 21.8 Å². The van der Waals surface area contributed by atoms with Crippen molar-refractivity contribution in [2.45, 2.75) is 52.6 Å². The molecule has 388 valence electrons. The number of methoxy groups -OCH3 is 4. The predicted molar refractivity (Wildman–Crippen MR) is 289 cm³/mol. The Morgan fingerprint density at radius 1 is 0.447 bits per heavy atom. The number of benzene rings is 6. The van der Waals surface area contributed by atoms with Crippen LogP contribution in [0.1, 0.15) is 75.3 Å². The minimum absolute atomic E-state index is 0.0544. The molecule has 0 radical (unpaired) electrons. The molecule has 0 unspecified atom stereocenters. The Morgan fingerprint density at radius 3 is 1.33 bits per heavy atom. The lowest BCUT2D eigenvalue weighted by Gasteiger charge is -2.18. The van der Waals surface area contributed by atoms with Gasteiger partial charge in [-0.05, 0) is 122 Å². The molecule has 0 saturated carbocycles. The van der Waals surface area contributed by atoms with Gasteiger partial charge in [0.25, 0.3) is 34.7 Å². The summed E-state index contributed by atoms with van der Waals surface area (Å²) in [7, 11) is 6.29. The molecule has 10 rings (SSSR count). The van der Waals surface area contributed by atoms with Crippen LogP contribution in [-0.2, 0) is 38.8 Å². The van der Waals surface area contributed by atoms with Crippen LogP contribution in [-0.4, -0.2) is 94.1 Å². The Labute approximate surface area is 446 Å². The van der Waals surface area contributed by atoms with Crippen molar-refractivity contribution in [1.82, 2.24) is 28.9 Å². The molecule has 4 amide bonds. The molecule has 8 aromatic rings. The fourth-order valence-electron chi connectivity index (χ4n) is 9.53. The fraction of sp³-hybridized carbons (Fsp3) is 0.241. The van der Waals surface area contributed by atoms with Gasteiger partial charge in [-0.25, -0.2) is 9.97 Å². The van der Waals surface area contributed by atoms with E-state index >= 15 is 0 Å². The number of aromatic nitrogens is 4. The third-order valence-electron chi connectivity index (χ3n) is 13.8. The van der Waals surface area contributed by atoms with E-state index < -0.39 is 0 Å². The zero-order chi connectivity index (χ0) is 53.9. The smallest absolute Gasteiger partial charge is 0.262 e. The highest BCUT2D eigenvalue weighted by atomic mass is 35.5. The minimum atomic E-state index is -0.369. The second-order valence-corrected chi connectivity index (χ2v) is 19.0. The van der Waals surface area contributed by atoms with Gasteiger partial charge in [-0.3, -0.25) is 47.7 Å². The van der Waals surface area contributed by atoms with E-state index in [0.29, 0.717) is 87.2 Å². The molecule has 0 saturated heterocycles. The molecule has 0 spiro atoms. The lowest BCUT2D eigenvalue weighted by Crippen LogP contribution is -2.34. The first-order chi connectivity index (χ1) is 36.6. The molecule has 2 aliphatic rings. The summed E-state index contributed by atoms with van der Waals surface area (Å²) >= 11 is 12.8. The first-order valence-corrected chi connectivity index (χ1v) is 25.1. The van der Waals surface area contributed by atoms with Gasteiger partial charge in [-0.15, -0.1) is 0 Å². The van der Waals surface area contributed by atoms with Crippen LogP contribution >= 0.6 is 23.2 Å². The Balaban J connectivity index is 0.000000186. The van der Waals surface area contributed by atoms with Crippen molar-refractivity contribution in [1.29, 1.82) is 0 Å². The van der Waals surface area contributed by atoms with Crippen molar-refractivity contribution in [3.63, 3.8) is 0 Å². The van der Waals surface area contributed by atoms with E-state index in [4.69, 9.17) is 47.1 Å². The van der Waals surface area contributed by atoms with E-state index in [1.807, 2.05) is 56.3 Å². The van der Waals surface area contributed by atoms with Gasteiger partial charge in [0, 0.05) is 39.0 Å². The van der Waals surface area contributed by atoms with Crippen LogP contribution in [0, 0.1) is 13.8 Å². The maximum atomic E-state index is 13.7. The summed E-state index contributed by atoms with van der Waals surface area (Å²) in [4.78, 5) is 90.8. The number of nitrogens with zero attached hydrogens (tertiary/aromatic N) is 6. The number of ether oxygens (including phenoxy) is 4. The average Bonchev–Trinajstić information content (AvgIpc) is 3.85. The summed E-state index contributed by atoms with van der Waals surface area (Å²) in [5.74, 6) is 1.97. The van der Waals surface area contributed by atoms with Crippen LogP contribution in [0.2, 0.25) is 10.0 Å². The lowest BCUT2D eigenvalue weighted by molar-refractivity contribution is 0.0639. The molecule has 0 aliphatic carbocycles. The minimum Gasteiger partial charge on any atom is -0.493 e. The Bertz CT molecular complexity index is 3710. The first kappa shape index (κ1) is 52.5. The second kappa shape index (κ2) is 22.2. The highest BCUT2D eigenvalue weighted by Gasteiger charge is 2.36. The maximum absolute atomic E-state index is 13.7. The van der Waals surface area contributed by atoms with Crippen LogP contribution in [0.4, 0.5) is 0 Å². The molecule has 16 nitrogen and oxygen atoms in total. The number of fused-ring (bicyclic) bond motifs is 4. The zero-order valence-corrected chi connectivity index (χ0v) is 44.1. The third-order valence-corrected chi connectivity index (χ3v) is 14.4. The molecule has 0 N–H and O–H groups in total. The molecule has 0 fully saturated rings. The molecule has 2 aromatic heterocycles. The topological polar surface area (TPSA) is 181 Å². The van der Waals surface area contributed by atoms with Gasteiger partial charge >= 0.3 is 0 Å². The number of aryl methyl sites for hydroxylation is 4. The van der Waals surface area contributed by atoms with Crippen molar-refractivity contribution >= 4 is 68.6 Å². The number of rotatable bonds is 16. The standard InChI is InChI=1S/C30H29N3O5.C28H23Cl2N3O5/c1-18-15-23-24(16-19(18)2)31-27(12-14-33-28(34)21-7-5-6-8-22(21)29(33)35)32(30(23)36)13-11-20-9-10-25(37-3)26(17-20)38-4;1-37-21-10-7-16(15-22(21)38-2)11-13-32-23(31-25-20(30)9-8-19(29)24(25)28(32)36)12-14-33-26(34)17-5-3-4-6-18(17)27(33)35/h5-10,15-17H,11-14H2,1-4H3;3-10,15H,11-14H2,1-2H3. The van der Waals surface area contributed by atoms with Gasteiger partial charge in [0.15, 0.2) is 23.0 Å². The van der Waals surface area contributed by atoms with Gasteiger partial charge in [-0.2, -0.15) is 0 Å². The molecule has 0 bridgehead atoms. The first-order valence-electron chi connectivity index (χ1n) is 24.4. The van der Waals surface area contributed by atoms with Crippen molar-refractivity contribution < 1.29 is 38.1 Å². The van der Waals surface area contributed by atoms with Gasteiger partial charge in [-0.1, -0.05) is 59.6 Å². The van der Waals surface area contributed by atoms with E-state index in [1.54, 1.807) is 99.7 Å². The highest BCUT2D eigenvalue weighted by Crippen LogP contribution is 2.31. The summed E-state index contributed by atoms with van der Waals surface area (Å²) in [6.45, 7) is 4.79. The van der Waals surface area contributed by atoms with Crippen molar-refractivity contribution in [2.75, 3.05) is 41.5 Å². The zero-order valence-electron chi connectivity index (χ0n) is 42.6. The molecule has 18 heteroatoms. The van der Waals surface area contributed by atoms with Gasteiger partial charge < -0.3 is 18.9 Å². The number of hydrogen-bond acceptors (Lipinski definition) is 12. The Hall–Kier alpha value is -8.34. The van der Waals surface area contributed by atoms with Crippen LogP contribution < -0.4 is 30.1 Å². The summed E-state index contributed by atoms with van der Waals surface area (Å²) in [6, 6.07) is 31.7. The average molecular weight is 1060 g/mol. The summed E-state index contributed by atoms with van der Waals surface area (Å²) in [5, 5.41) is 1.30. The Kier molecular flexibility index (Phi) is 15.4. The molecular formula is C58H52Cl2N6O10. The quantitative estimate of drug-likeness (QED) is 0.0840. The number of carbonyl (C=O) groups is 4. The van der Waals surface area contributed by atoms with Crippen molar-refractivity contribution in [3.05, 3.63) is 196 Å². The van der Waals surface area contributed by atoms with Crippen LogP contribution in [0.15, 0.2) is 119 Å².